The number of hydrogen-bond acceptors (Lipinski definition) is 4. The maximum Gasteiger partial charge on any atom is 0.325 e. The van der Waals surface area contributed by atoms with Gasteiger partial charge in [-0.1, -0.05) is 0 Å². The molecule has 1 aliphatic rings. The van der Waals surface area contributed by atoms with Gasteiger partial charge in [0.25, 0.3) is 0 Å². The minimum atomic E-state index is -0.942. The topological polar surface area (TPSA) is 84.6 Å². The number of carbonyl (C=O) groups is 1. The van der Waals surface area contributed by atoms with Gasteiger partial charge in [0, 0.05) is 11.1 Å². The Hall–Kier alpha value is -2.50. The maximum absolute atomic E-state index is 10.9. The summed E-state index contributed by atoms with van der Waals surface area (Å²) in [4.78, 5) is 10.9. The SMILES string of the molecule is Cc1nn(CC(=O)O)c(C)c1Oc1ccc(O)c2c1CCC2. The summed E-state index contributed by atoms with van der Waals surface area (Å²) in [6.45, 7) is 3.39. The van der Waals surface area contributed by atoms with E-state index in [1.165, 1.54) is 4.68 Å². The molecule has 3 rings (SSSR count). The van der Waals surface area contributed by atoms with E-state index in [4.69, 9.17) is 9.84 Å². The summed E-state index contributed by atoms with van der Waals surface area (Å²) in [6.07, 6.45) is 2.73. The van der Waals surface area contributed by atoms with E-state index in [0.717, 1.165) is 30.4 Å². The Balaban J connectivity index is 1.96. The zero-order valence-corrected chi connectivity index (χ0v) is 12.6. The highest BCUT2D eigenvalue weighted by atomic mass is 16.5. The summed E-state index contributed by atoms with van der Waals surface area (Å²) < 4.78 is 7.44. The fraction of sp³-hybridized carbons (Fsp3) is 0.375. The summed E-state index contributed by atoms with van der Waals surface area (Å²) in [5, 5.41) is 23.0. The van der Waals surface area contributed by atoms with Crippen molar-refractivity contribution < 1.29 is 19.7 Å². The van der Waals surface area contributed by atoms with Crippen molar-refractivity contribution in [2.24, 2.45) is 0 Å². The Labute approximate surface area is 128 Å². The highest BCUT2D eigenvalue weighted by molar-refractivity contribution is 5.66. The summed E-state index contributed by atoms with van der Waals surface area (Å²) in [5.74, 6) is 0.671. The molecule has 116 valence electrons. The molecule has 0 atom stereocenters. The zero-order chi connectivity index (χ0) is 15.9. The lowest BCUT2D eigenvalue weighted by atomic mass is 10.1. The van der Waals surface area contributed by atoms with E-state index in [9.17, 15) is 9.90 Å². The molecule has 0 radical (unpaired) electrons. The highest BCUT2D eigenvalue weighted by Crippen LogP contribution is 2.39. The minimum absolute atomic E-state index is 0.191. The van der Waals surface area contributed by atoms with Crippen molar-refractivity contribution in [1.82, 2.24) is 9.78 Å². The molecule has 2 N–H and O–H groups in total. The lowest BCUT2D eigenvalue weighted by Gasteiger charge is -2.12. The number of nitrogens with zero attached hydrogens (tertiary/aromatic N) is 2. The van der Waals surface area contributed by atoms with E-state index >= 15 is 0 Å². The van der Waals surface area contributed by atoms with Crippen LogP contribution in [0.15, 0.2) is 12.1 Å². The first-order valence-corrected chi connectivity index (χ1v) is 7.24. The fourth-order valence-electron chi connectivity index (χ4n) is 2.97. The summed E-state index contributed by atoms with van der Waals surface area (Å²) >= 11 is 0. The molecule has 1 aliphatic carbocycles. The second kappa shape index (κ2) is 5.36. The molecule has 1 aromatic carbocycles. The average Bonchev–Trinajstić information content (AvgIpc) is 3.03. The van der Waals surface area contributed by atoms with Crippen LogP contribution in [0.5, 0.6) is 17.2 Å². The van der Waals surface area contributed by atoms with Gasteiger partial charge in [0.15, 0.2) is 5.75 Å². The van der Waals surface area contributed by atoms with Crippen LogP contribution in [0.4, 0.5) is 0 Å². The van der Waals surface area contributed by atoms with Crippen LogP contribution in [0.1, 0.15) is 28.9 Å². The number of phenolic OH excluding ortho intramolecular Hbond substituents is 1. The van der Waals surface area contributed by atoms with Gasteiger partial charge in [0.2, 0.25) is 0 Å². The molecule has 0 bridgehead atoms. The fourth-order valence-corrected chi connectivity index (χ4v) is 2.97. The normalized spacial score (nSPS) is 13.2. The van der Waals surface area contributed by atoms with Gasteiger partial charge < -0.3 is 14.9 Å². The van der Waals surface area contributed by atoms with Crippen molar-refractivity contribution in [3.8, 4) is 17.2 Å². The van der Waals surface area contributed by atoms with Gasteiger partial charge in [-0.3, -0.25) is 9.48 Å². The average molecular weight is 302 g/mol. The molecule has 0 aliphatic heterocycles. The first-order valence-electron chi connectivity index (χ1n) is 7.24. The number of aryl methyl sites for hydroxylation is 1. The monoisotopic (exact) mass is 302 g/mol. The number of phenols is 1. The predicted molar refractivity (Wildman–Crippen MR) is 79.5 cm³/mol. The molecule has 1 aromatic heterocycles. The van der Waals surface area contributed by atoms with Crippen LogP contribution >= 0.6 is 0 Å². The molecule has 0 unspecified atom stereocenters. The number of benzene rings is 1. The van der Waals surface area contributed by atoms with E-state index in [1.54, 1.807) is 26.0 Å². The van der Waals surface area contributed by atoms with Crippen molar-refractivity contribution in [2.45, 2.75) is 39.7 Å². The largest absolute Gasteiger partial charge is 0.508 e. The van der Waals surface area contributed by atoms with E-state index in [2.05, 4.69) is 5.10 Å². The molecule has 0 saturated heterocycles. The lowest BCUT2D eigenvalue weighted by molar-refractivity contribution is -0.137. The summed E-state index contributed by atoms with van der Waals surface area (Å²) in [5.41, 5.74) is 3.31. The third-order valence-electron chi connectivity index (χ3n) is 4.03. The van der Waals surface area contributed by atoms with Gasteiger partial charge in [0.05, 0.1) is 5.69 Å². The Morgan fingerprint density at radius 2 is 2.05 bits per heavy atom. The first kappa shape index (κ1) is 14.4. The standard InChI is InChI=1S/C16H18N2O4/c1-9-16(10(2)18(17-9)8-15(20)21)22-14-7-6-13(19)11-4-3-5-12(11)14/h6-7,19H,3-5,8H2,1-2H3,(H,20,21). The Morgan fingerprint density at radius 3 is 2.77 bits per heavy atom. The number of carboxylic acid groups (broad SMARTS) is 1. The molecule has 1 heterocycles. The molecule has 0 fully saturated rings. The number of fused-ring (bicyclic) bond motifs is 1. The number of aromatic nitrogens is 2. The molecule has 0 saturated carbocycles. The minimum Gasteiger partial charge on any atom is -0.508 e. The van der Waals surface area contributed by atoms with Crippen LogP contribution in [-0.4, -0.2) is 26.0 Å². The predicted octanol–water partition coefficient (Wildman–Crippen LogP) is 2.57. The van der Waals surface area contributed by atoms with Crippen molar-refractivity contribution >= 4 is 5.97 Å². The van der Waals surface area contributed by atoms with Gasteiger partial charge in [-0.15, -0.1) is 0 Å². The van der Waals surface area contributed by atoms with E-state index in [-0.39, 0.29) is 6.54 Å². The number of aliphatic carboxylic acids is 1. The molecule has 6 heteroatoms. The third kappa shape index (κ3) is 2.41. The molecule has 2 aromatic rings. The highest BCUT2D eigenvalue weighted by Gasteiger charge is 2.22. The molecule has 6 nitrogen and oxygen atoms in total. The van der Waals surface area contributed by atoms with Gasteiger partial charge in [-0.05, 0) is 45.2 Å². The Bertz CT molecular complexity index is 749. The first-order chi connectivity index (χ1) is 10.5. The van der Waals surface area contributed by atoms with Crippen molar-refractivity contribution in [2.75, 3.05) is 0 Å². The van der Waals surface area contributed by atoms with Crippen LogP contribution in [0.2, 0.25) is 0 Å². The number of ether oxygens (including phenoxy) is 1. The Kier molecular flexibility index (Phi) is 3.52. The van der Waals surface area contributed by atoms with Gasteiger partial charge in [-0.25, -0.2) is 0 Å². The van der Waals surface area contributed by atoms with E-state index < -0.39 is 5.97 Å². The molecular formula is C16H18N2O4. The number of hydrogen-bond donors (Lipinski definition) is 2. The summed E-state index contributed by atoms with van der Waals surface area (Å²) in [7, 11) is 0. The molecular weight excluding hydrogens is 284 g/mol. The van der Waals surface area contributed by atoms with Gasteiger partial charge in [0.1, 0.15) is 23.7 Å². The summed E-state index contributed by atoms with van der Waals surface area (Å²) in [6, 6.07) is 3.40. The van der Waals surface area contributed by atoms with Crippen molar-refractivity contribution in [3.05, 3.63) is 34.6 Å². The van der Waals surface area contributed by atoms with Gasteiger partial charge >= 0.3 is 5.97 Å². The van der Waals surface area contributed by atoms with Crippen LogP contribution < -0.4 is 4.74 Å². The smallest absolute Gasteiger partial charge is 0.325 e. The van der Waals surface area contributed by atoms with E-state index in [0.29, 0.717) is 28.6 Å². The van der Waals surface area contributed by atoms with Crippen LogP contribution in [0, 0.1) is 13.8 Å². The molecule has 0 spiro atoms. The zero-order valence-electron chi connectivity index (χ0n) is 12.6. The second-order valence-corrected chi connectivity index (χ2v) is 5.55. The van der Waals surface area contributed by atoms with Crippen LogP contribution in [0.3, 0.4) is 0 Å². The Morgan fingerprint density at radius 1 is 1.32 bits per heavy atom. The van der Waals surface area contributed by atoms with Gasteiger partial charge in [-0.2, -0.15) is 5.10 Å². The van der Waals surface area contributed by atoms with E-state index in [1.807, 2.05) is 0 Å². The molecule has 0 amide bonds. The van der Waals surface area contributed by atoms with Crippen molar-refractivity contribution in [1.29, 1.82) is 0 Å². The van der Waals surface area contributed by atoms with Crippen LogP contribution in [-0.2, 0) is 24.2 Å². The second-order valence-electron chi connectivity index (χ2n) is 5.55. The molecule has 22 heavy (non-hydrogen) atoms. The number of aromatic hydroxyl groups is 1. The van der Waals surface area contributed by atoms with Crippen molar-refractivity contribution in [3.63, 3.8) is 0 Å². The van der Waals surface area contributed by atoms with Crippen LogP contribution in [0.25, 0.3) is 0 Å². The number of rotatable bonds is 4. The quantitative estimate of drug-likeness (QED) is 0.906. The lowest BCUT2D eigenvalue weighted by Crippen LogP contribution is -2.11. The number of carboxylic acids is 1. The maximum atomic E-state index is 10.9. The third-order valence-corrected chi connectivity index (χ3v) is 4.03.